The number of amides is 1. The minimum atomic E-state index is -0.396. The molecule has 2 heterocycles. The highest BCUT2D eigenvalue weighted by Gasteiger charge is 2.01. The third-order valence-electron chi connectivity index (χ3n) is 1.47. The number of hydrogen-bond donors (Lipinski definition) is 2. The van der Waals surface area contributed by atoms with E-state index in [2.05, 4.69) is 20.3 Å². The van der Waals surface area contributed by atoms with Gasteiger partial charge in [-0.05, 0) is 0 Å². The molecule has 0 bridgehead atoms. The zero-order valence-electron chi connectivity index (χ0n) is 6.39. The quantitative estimate of drug-likeness (QED) is 0.577. The minimum absolute atomic E-state index is 0.0821. The van der Waals surface area contributed by atoms with Crippen LogP contribution in [0.2, 0.25) is 0 Å². The van der Waals surface area contributed by atoms with Crippen molar-refractivity contribution in [1.82, 2.24) is 19.4 Å². The Balaban J connectivity index is 2.69. The van der Waals surface area contributed by atoms with Crippen molar-refractivity contribution in [2.24, 2.45) is 0 Å². The smallest absolute Gasteiger partial charge is 0.299 e. The molecule has 13 heavy (non-hydrogen) atoms. The van der Waals surface area contributed by atoms with E-state index in [1.54, 1.807) is 0 Å². The molecule has 0 aromatic carbocycles. The van der Waals surface area contributed by atoms with Crippen LogP contribution in [-0.4, -0.2) is 25.8 Å². The van der Waals surface area contributed by atoms with E-state index >= 15 is 0 Å². The second-order valence-electron chi connectivity index (χ2n) is 2.25. The molecule has 1 amide bonds. The van der Waals surface area contributed by atoms with Crippen molar-refractivity contribution in [2.75, 3.05) is 5.32 Å². The molecule has 0 radical (unpaired) electrons. The maximum atomic E-state index is 11.2. The largest absolute Gasteiger partial charge is 0.335 e. The first-order chi connectivity index (χ1) is 6.31. The first-order valence-corrected chi connectivity index (χ1v) is 3.45. The summed E-state index contributed by atoms with van der Waals surface area (Å²) in [4.78, 5) is 31.3. The number of aromatic nitrogens is 4. The molecule has 7 heteroatoms. The van der Waals surface area contributed by atoms with Gasteiger partial charge < -0.3 is 0 Å². The van der Waals surface area contributed by atoms with Gasteiger partial charge in [-0.3, -0.25) is 15.1 Å². The molecule has 0 saturated heterocycles. The van der Waals surface area contributed by atoms with E-state index in [1.807, 2.05) is 0 Å². The predicted molar refractivity (Wildman–Crippen MR) is 43.3 cm³/mol. The van der Waals surface area contributed by atoms with Gasteiger partial charge in [0.15, 0.2) is 0 Å². The van der Waals surface area contributed by atoms with Crippen LogP contribution in [0.25, 0.3) is 5.78 Å². The van der Waals surface area contributed by atoms with Crippen LogP contribution in [0.1, 0.15) is 0 Å². The topological polar surface area (TPSA) is 92.2 Å². The molecule has 0 fully saturated rings. The molecule has 0 aliphatic carbocycles. The molecule has 0 spiro atoms. The maximum absolute atomic E-state index is 11.2. The van der Waals surface area contributed by atoms with Crippen LogP contribution < -0.4 is 11.0 Å². The van der Waals surface area contributed by atoms with E-state index in [1.165, 1.54) is 16.8 Å². The summed E-state index contributed by atoms with van der Waals surface area (Å²) in [7, 11) is 0. The Labute approximate surface area is 71.4 Å². The van der Waals surface area contributed by atoms with E-state index in [0.717, 1.165) is 0 Å². The number of hydrogen-bond acceptors (Lipinski definition) is 4. The van der Waals surface area contributed by atoms with Gasteiger partial charge in [0.1, 0.15) is 0 Å². The summed E-state index contributed by atoms with van der Waals surface area (Å²) in [5.41, 5.74) is -0.396. The number of nitrogens with one attached hydrogen (secondary N) is 2. The monoisotopic (exact) mass is 179 g/mol. The van der Waals surface area contributed by atoms with Gasteiger partial charge in [0.05, 0.1) is 0 Å². The number of carbonyl (C=O) groups excluding carboxylic acids is 1. The Kier molecular flexibility index (Phi) is 1.55. The Bertz CT molecular complexity index is 499. The van der Waals surface area contributed by atoms with Gasteiger partial charge >= 0.3 is 5.69 Å². The van der Waals surface area contributed by atoms with Crippen LogP contribution in [0.5, 0.6) is 0 Å². The number of imidazole rings is 1. The van der Waals surface area contributed by atoms with Crippen molar-refractivity contribution in [1.29, 1.82) is 0 Å². The Morgan fingerprint density at radius 3 is 3.23 bits per heavy atom. The number of nitrogens with zero attached hydrogens (tertiary/aromatic N) is 3. The van der Waals surface area contributed by atoms with Crippen molar-refractivity contribution in [3.8, 4) is 0 Å². The first-order valence-electron chi connectivity index (χ1n) is 3.45. The molecule has 2 N–H and O–H groups in total. The zero-order valence-corrected chi connectivity index (χ0v) is 6.39. The number of rotatable bonds is 2. The highest BCUT2D eigenvalue weighted by molar-refractivity contribution is 5.66. The van der Waals surface area contributed by atoms with Gasteiger partial charge in [-0.2, -0.15) is 4.98 Å². The third-order valence-corrected chi connectivity index (χ3v) is 1.47. The number of fused-ring (bicyclic) bond motifs is 1. The normalized spacial score (nSPS) is 10.2. The summed E-state index contributed by atoms with van der Waals surface area (Å²) >= 11 is 0. The van der Waals surface area contributed by atoms with Gasteiger partial charge in [-0.25, -0.2) is 14.2 Å². The molecule has 2 aromatic rings. The summed E-state index contributed by atoms with van der Waals surface area (Å²) in [6, 6.07) is 0. The van der Waals surface area contributed by atoms with Gasteiger partial charge in [0, 0.05) is 12.4 Å². The second-order valence-corrected chi connectivity index (χ2v) is 2.25. The molecule has 2 rings (SSSR count). The molecular weight excluding hydrogens is 174 g/mol. The molecule has 0 saturated carbocycles. The van der Waals surface area contributed by atoms with Gasteiger partial charge in [-0.15, -0.1) is 0 Å². The lowest BCUT2D eigenvalue weighted by atomic mass is 10.8. The average molecular weight is 179 g/mol. The standard InChI is InChI=1S/C6H5N5O2/c12-3-8-4-9-5-7-1-2-11(5)6(13)10-4/h1-3H,(H2,7,8,9,10,12,13). The number of carbonyl (C=O) groups is 1. The molecule has 7 nitrogen and oxygen atoms in total. The molecular formula is C6H5N5O2. The summed E-state index contributed by atoms with van der Waals surface area (Å²) in [5.74, 6) is 0.326. The number of anilines is 1. The van der Waals surface area contributed by atoms with E-state index < -0.39 is 5.69 Å². The van der Waals surface area contributed by atoms with Crippen molar-refractivity contribution in [3.63, 3.8) is 0 Å². The fourth-order valence-electron chi connectivity index (χ4n) is 0.950. The maximum Gasteiger partial charge on any atom is 0.335 e. The third kappa shape index (κ3) is 1.15. The molecule has 2 aromatic heterocycles. The minimum Gasteiger partial charge on any atom is -0.299 e. The molecule has 66 valence electrons. The fourth-order valence-corrected chi connectivity index (χ4v) is 0.950. The summed E-state index contributed by atoms with van der Waals surface area (Å²) < 4.78 is 1.23. The van der Waals surface area contributed by atoms with Crippen LogP contribution >= 0.6 is 0 Å². The van der Waals surface area contributed by atoms with Crippen LogP contribution in [0.3, 0.4) is 0 Å². The van der Waals surface area contributed by atoms with Crippen molar-refractivity contribution >= 4 is 18.1 Å². The summed E-state index contributed by atoms with van der Waals surface area (Å²) in [6.07, 6.45) is 3.35. The predicted octanol–water partition coefficient (Wildman–Crippen LogP) is -1.01. The average Bonchev–Trinajstić information content (AvgIpc) is 2.53. The Morgan fingerprint density at radius 1 is 1.62 bits per heavy atom. The van der Waals surface area contributed by atoms with Crippen LogP contribution in [-0.2, 0) is 4.79 Å². The van der Waals surface area contributed by atoms with Crippen molar-refractivity contribution in [2.45, 2.75) is 0 Å². The van der Waals surface area contributed by atoms with E-state index in [0.29, 0.717) is 6.41 Å². The molecule has 0 atom stereocenters. The Morgan fingerprint density at radius 2 is 2.46 bits per heavy atom. The van der Waals surface area contributed by atoms with Gasteiger partial charge in [0.25, 0.3) is 0 Å². The van der Waals surface area contributed by atoms with Crippen LogP contribution in [0.15, 0.2) is 17.2 Å². The zero-order chi connectivity index (χ0) is 9.26. The molecule has 0 aliphatic heterocycles. The lowest BCUT2D eigenvalue weighted by Crippen LogP contribution is -2.19. The second kappa shape index (κ2) is 2.70. The lowest BCUT2D eigenvalue weighted by Gasteiger charge is -1.96. The van der Waals surface area contributed by atoms with Crippen LogP contribution in [0, 0.1) is 0 Å². The summed E-state index contributed by atoms with van der Waals surface area (Å²) in [6.45, 7) is 0. The molecule has 0 unspecified atom stereocenters. The number of H-pyrrole nitrogens is 1. The van der Waals surface area contributed by atoms with E-state index in [-0.39, 0.29) is 11.7 Å². The van der Waals surface area contributed by atoms with E-state index in [4.69, 9.17) is 0 Å². The summed E-state index contributed by atoms with van der Waals surface area (Å²) in [5, 5.41) is 2.23. The fraction of sp³-hybridized carbons (Fsp3) is 0. The SMILES string of the molecule is O=CNc1nc2nccn2c(=O)[nH]1. The Hall–Kier alpha value is -2.18. The molecule has 0 aliphatic rings. The highest BCUT2D eigenvalue weighted by atomic mass is 16.1. The van der Waals surface area contributed by atoms with Crippen LogP contribution in [0.4, 0.5) is 5.95 Å². The van der Waals surface area contributed by atoms with Gasteiger partial charge in [-0.1, -0.05) is 0 Å². The van der Waals surface area contributed by atoms with Gasteiger partial charge in [0.2, 0.25) is 18.1 Å². The first kappa shape index (κ1) is 7.47. The van der Waals surface area contributed by atoms with Crippen molar-refractivity contribution in [3.05, 3.63) is 22.9 Å². The lowest BCUT2D eigenvalue weighted by molar-refractivity contribution is -0.105. The highest BCUT2D eigenvalue weighted by Crippen LogP contribution is 1.95. The van der Waals surface area contributed by atoms with Crippen molar-refractivity contribution < 1.29 is 4.79 Å². The number of aromatic amines is 1. The van der Waals surface area contributed by atoms with E-state index in [9.17, 15) is 9.59 Å².